The largest absolute Gasteiger partial charge is 0.332 e. The lowest BCUT2D eigenvalue weighted by Crippen LogP contribution is -2.42. The van der Waals surface area contributed by atoms with Gasteiger partial charge in [0, 0.05) is 32.1 Å². The topological polar surface area (TPSA) is 87.8 Å². The van der Waals surface area contributed by atoms with Gasteiger partial charge in [-0.15, -0.1) is 0 Å². The number of rotatable bonds is 6. The summed E-state index contributed by atoms with van der Waals surface area (Å²) in [5.41, 5.74) is 5.95. The van der Waals surface area contributed by atoms with Gasteiger partial charge in [-0.2, -0.15) is 0 Å². The lowest BCUT2D eigenvalue weighted by Gasteiger charge is -2.11. The highest BCUT2D eigenvalue weighted by atomic mass is 16.2. The molecule has 0 fully saturated rings. The molecule has 2 N–H and O–H groups in total. The van der Waals surface area contributed by atoms with Gasteiger partial charge in [-0.3, -0.25) is 13.9 Å². The maximum atomic E-state index is 12.7. The van der Waals surface area contributed by atoms with Gasteiger partial charge in [-0.1, -0.05) is 20.8 Å². The first-order valence-electron chi connectivity index (χ1n) is 7.91. The zero-order chi connectivity index (χ0) is 16.4. The Labute approximate surface area is 129 Å². The summed E-state index contributed by atoms with van der Waals surface area (Å²) in [6.45, 7) is 9.71. The van der Waals surface area contributed by atoms with Crippen molar-refractivity contribution in [2.75, 3.05) is 6.54 Å². The Morgan fingerprint density at radius 2 is 1.77 bits per heavy atom. The van der Waals surface area contributed by atoms with Crippen LogP contribution in [0.3, 0.4) is 0 Å². The van der Waals surface area contributed by atoms with E-state index in [1.165, 1.54) is 4.57 Å². The van der Waals surface area contributed by atoms with Crippen LogP contribution in [0.5, 0.6) is 0 Å². The first-order valence-corrected chi connectivity index (χ1v) is 7.91. The number of nitrogens with two attached hydrogens (primary N) is 1. The SMILES string of the molecule is CCCn1c(=O)n(CCN)c(=O)c2c1nc(C(C)C)n2CC. The summed E-state index contributed by atoms with van der Waals surface area (Å²) in [7, 11) is 0. The lowest BCUT2D eigenvalue weighted by atomic mass is 10.2. The van der Waals surface area contributed by atoms with E-state index >= 15 is 0 Å². The predicted molar refractivity (Wildman–Crippen MR) is 87.4 cm³/mol. The van der Waals surface area contributed by atoms with Crippen molar-refractivity contribution >= 4 is 11.2 Å². The molecule has 0 aliphatic heterocycles. The third kappa shape index (κ3) is 2.49. The van der Waals surface area contributed by atoms with Crippen LogP contribution in [0.1, 0.15) is 45.9 Å². The first-order chi connectivity index (χ1) is 10.5. The summed E-state index contributed by atoms with van der Waals surface area (Å²) in [6, 6.07) is 0. The summed E-state index contributed by atoms with van der Waals surface area (Å²) in [4.78, 5) is 29.9. The smallest absolute Gasteiger partial charge is 0.329 e. The van der Waals surface area contributed by atoms with Crippen molar-refractivity contribution in [3.05, 3.63) is 26.7 Å². The molecule has 0 atom stereocenters. The Balaban J connectivity index is 2.97. The van der Waals surface area contributed by atoms with Crippen LogP contribution in [0, 0.1) is 0 Å². The lowest BCUT2D eigenvalue weighted by molar-refractivity contribution is 0.564. The van der Waals surface area contributed by atoms with E-state index in [4.69, 9.17) is 5.73 Å². The van der Waals surface area contributed by atoms with Gasteiger partial charge in [0.15, 0.2) is 11.2 Å². The molecule has 0 unspecified atom stereocenters. The Hall–Kier alpha value is -1.89. The number of aryl methyl sites for hydroxylation is 2. The number of fused-ring (bicyclic) bond motifs is 1. The van der Waals surface area contributed by atoms with Crippen molar-refractivity contribution in [3.8, 4) is 0 Å². The normalized spacial score (nSPS) is 11.7. The molecule has 7 nitrogen and oxygen atoms in total. The molecule has 2 heterocycles. The van der Waals surface area contributed by atoms with E-state index < -0.39 is 0 Å². The number of hydrogen-bond acceptors (Lipinski definition) is 4. The quantitative estimate of drug-likeness (QED) is 0.858. The van der Waals surface area contributed by atoms with Crippen molar-refractivity contribution in [1.82, 2.24) is 18.7 Å². The fourth-order valence-corrected chi connectivity index (χ4v) is 2.82. The molecule has 0 radical (unpaired) electrons. The third-order valence-electron chi connectivity index (χ3n) is 3.78. The van der Waals surface area contributed by atoms with E-state index in [1.54, 1.807) is 4.57 Å². The average molecular weight is 307 g/mol. The second-order valence-corrected chi connectivity index (χ2v) is 5.72. The molecule has 2 aromatic heterocycles. The minimum absolute atomic E-state index is 0.180. The molecule has 0 saturated carbocycles. The van der Waals surface area contributed by atoms with Gasteiger partial charge in [0.2, 0.25) is 0 Å². The first kappa shape index (κ1) is 16.5. The standard InChI is InChI=1S/C15H25N5O2/c1-5-8-19-13-11(14(21)20(9-7-16)15(19)22)18(6-2)12(17-13)10(3)4/h10H,5-9,16H2,1-4H3. The highest BCUT2D eigenvalue weighted by molar-refractivity contribution is 5.71. The van der Waals surface area contributed by atoms with E-state index in [1.807, 2.05) is 32.3 Å². The highest BCUT2D eigenvalue weighted by Crippen LogP contribution is 2.19. The van der Waals surface area contributed by atoms with Crippen molar-refractivity contribution < 1.29 is 0 Å². The number of imidazole rings is 1. The Morgan fingerprint density at radius 1 is 1.09 bits per heavy atom. The third-order valence-corrected chi connectivity index (χ3v) is 3.78. The maximum absolute atomic E-state index is 12.7. The Kier molecular flexibility index (Phi) is 4.85. The zero-order valence-corrected chi connectivity index (χ0v) is 13.8. The number of hydrogen-bond donors (Lipinski definition) is 1. The van der Waals surface area contributed by atoms with E-state index in [0.29, 0.717) is 24.3 Å². The van der Waals surface area contributed by atoms with Gasteiger partial charge < -0.3 is 10.3 Å². The predicted octanol–water partition coefficient (Wildman–Crippen LogP) is 0.872. The molecule has 7 heteroatoms. The van der Waals surface area contributed by atoms with Crippen LogP contribution < -0.4 is 17.0 Å². The molecule has 0 aliphatic carbocycles. The average Bonchev–Trinajstić information content (AvgIpc) is 2.87. The van der Waals surface area contributed by atoms with Gasteiger partial charge in [0.1, 0.15) is 5.82 Å². The minimum Gasteiger partial charge on any atom is -0.329 e. The van der Waals surface area contributed by atoms with Crippen LogP contribution in [-0.4, -0.2) is 25.2 Å². The van der Waals surface area contributed by atoms with Crippen LogP contribution in [-0.2, 0) is 19.6 Å². The van der Waals surface area contributed by atoms with Gasteiger partial charge >= 0.3 is 5.69 Å². The highest BCUT2D eigenvalue weighted by Gasteiger charge is 2.21. The van der Waals surface area contributed by atoms with Crippen LogP contribution in [0.15, 0.2) is 9.59 Å². The molecule has 22 heavy (non-hydrogen) atoms. The Morgan fingerprint density at radius 3 is 2.27 bits per heavy atom. The fourth-order valence-electron chi connectivity index (χ4n) is 2.82. The second kappa shape index (κ2) is 6.48. The second-order valence-electron chi connectivity index (χ2n) is 5.72. The van der Waals surface area contributed by atoms with Gasteiger partial charge in [0.25, 0.3) is 5.56 Å². The molecule has 0 aliphatic rings. The van der Waals surface area contributed by atoms with E-state index in [-0.39, 0.29) is 30.3 Å². The van der Waals surface area contributed by atoms with Crippen molar-refractivity contribution in [3.63, 3.8) is 0 Å². The summed E-state index contributed by atoms with van der Waals surface area (Å²) in [6.07, 6.45) is 0.797. The maximum Gasteiger partial charge on any atom is 0.332 e. The number of aromatic nitrogens is 4. The molecular formula is C15H25N5O2. The molecule has 0 amide bonds. The van der Waals surface area contributed by atoms with E-state index in [0.717, 1.165) is 12.2 Å². The summed E-state index contributed by atoms with van der Waals surface area (Å²) in [5, 5.41) is 0. The van der Waals surface area contributed by atoms with Crippen molar-refractivity contribution in [1.29, 1.82) is 0 Å². The molecule has 0 saturated heterocycles. The van der Waals surface area contributed by atoms with Gasteiger partial charge in [0.05, 0.1) is 0 Å². The van der Waals surface area contributed by atoms with Crippen LogP contribution in [0.4, 0.5) is 0 Å². The van der Waals surface area contributed by atoms with Crippen molar-refractivity contribution in [2.24, 2.45) is 5.73 Å². The Bertz CT molecular complexity index is 782. The molecule has 0 spiro atoms. The minimum atomic E-state index is -0.319. The van der Waals surface area contributed by atoms with Crippen LogP contribution in [0.25, 0.3) is 11.2 Å². The van der Waals surface area contributed by atoms with Crippen LogP contribution >= 0.6 is 0 Å². The molecule has 0 aromatic carbocycles. The zero-order valence-electron chi connectivity index (χ0n) is 13.8. The molecule has 2 rings (SSSR count). The molecule has 122 valence electrons. The molecule has 2 aromatic rings. The van der Waals surface area contributed by atoms with Gasteiger partial charge in [-0.25, -0.2) is 9.78 Å². The van der Waals surface area contributed by atoms with E-state index in [9.17, 15) is 9.59 Å². The van der Waals surface area contributed by atoms with Crippen LogP contribution in [0.2, 0.25) is 0 Å². The van der Waals surface area contributed by atoms with E-state index in [2.05, 4.69) is 4.98 Å². The monoisotopic (exact) mass is 307 g/mol. The molecule has 0 bridgehead atoms. The van der Waals surface area contributed by atoms with Crippen molar-refractivity contribution in [2.45, 2.75) is 59.7 Å². The fraction of sp³-hybridized carbons (Fsp3) is 0.667. The summed E-state index contributed by atoms with van der Waals surface area (Å²) in [5.74, 6) is 1.02. The van der Waals surface area contributed by atoms with Gasteiger partial charge in [-0.05, 0) is 13.3 Å². The summed E-state index contributed by atoms with van der Waals surface area (Å²) < 4.78 is 4.75. The molecular weight excluding hydrogens is 282 g/mol. The summed E-state index contributed by atoms with van der Waals surface area (Å²) >= 11 is 0. The number of nitrogens with zero attached hydrogens (tertiary/aromatic N) is 4.